The van der Waals surface area contributed by atoms with Gasteiger partial charge in [0.2, 0.25) is 0 Å². The number of nitrogens with zero attached hydrogens (tertiary/aromatic N) is 2. The van der Waals surface area contributed by atoms with Gasteiger partial charge in [0.1, 0.15) is 5.65 Å². The number of fused-ring (bicyclic) bond motifs is 1. The summed E-state index contributed by atoms with van der Waals surface area (Å²) in [5, 5.41) is 3.13. The molecule has 19 heavy (non-hydrogen) atoms. The molecule has 4 heteroatoms. The number of aryl methyl sites for hydroxylation is 1. The largest absolute Gasteiger partial charge is 0.349 e. The monoisotopic (exact) mass is 257 g/mol. The summed E-state index contributed by atoms with van der Waals surface area (Å²) >= 11 is 0. The number of amides is 1. The van der Waals surface area contributed by atoms with E-state index in [1.165, 1.54) is 19.3 Å². The molecule has 0 unspecified atom stereocenters. The van der Waals surface area contributed by atoms with Gasteiger partial charge in [0.15, 0.2) is 0 Å². The first-order valence-electron chi connectivity index (χ1n) is 6.98. The van der Waals surface area contributed by atoms with E-state index in [-0.39, 0.29) is 5.91 Å². The summed E-state index contributed by atoms with van der Waals surface area (Å²) in [6.07, 6.45) is 9.76. The second kappa shape index (κ2) is 5.03. The van der Waals surface area contributed by atoms with Crippen LogP contribution in [-0.4, -0.2) is 21.3 Å². The third-order valence-electron chi connectivity index (χ3n) is 3.77. The van der Waals surface area contributed by atoms with Crippen molar-refractivity contribution in [2.24, 2.45) is 0 Å². The Morgan fingerprint density at radius 3 is 2.84 bits per heavy atom. The van der Waals surface area contributed by atoms with Gasteiger partial charge in [-0.15, -0.1) is 0 Å². The Labute approximate surface area is 112 Å². The topological polar surface area (TPSA) is 46.4 Å². The molecular formula is C15H19N3O. The third-order valence-corrected chi connectivity index (χ3v) is 3.77. The lowest BCUT2D eigenvalue weighted by Crippen LogP contribution is -2.36. The molecule has 1 N–H and O–H groups in total. The summed E-state index contributed by atoms with van der Waals surface area (Å²) in [6, 6.07) is 4.09. The van der Waals surface area contributed by atoms with E-state index in [0.29, 0.717) is 11.6 Å². The van der Waals surface area contributed by atoms with E-state index in [1.54, 1.807) is 0 Å². The summed E-state index contributed by atoms with van der Waals surface area (Å²) in [6.45, 7) is 1.95. The number of pyridine rings is 1. The Hall–Kier alpha value is -1.84. The minimum absolute atomic E-state index is 0.0279. The van der Waals surface area contributed by atoms with Gasteiger partial charge in [-0.3, -0.25) is 4.79 Å². The minimum Gasteiger partial charge on any atom is -0.349 e. The van der Waals surface area contributed by atoms with Crippen LogP contribution in [0.3, 0.4) is 0 Å². The van der Waals surface area contributed by atoms with Crippen LogP contribution in [0.15, 0.2) is 24.5 Å². The zero-order chi connectivity index (χ0) is 13.2. The summed E-state index contributed by atoms with van der Waals surface area (Å²) in [7, 11) is 0. The highest BCUT2D eigenvalue weighted by Gasteiger charge is 2.16. The Morgan fingerprint density at radius 2 is 2.05 bits per heavy atom. The maximum Gasteiger partial charge on any atom is 0.252 e. The molecular weight excluding hydrogens is 238 g/mol. The Bertz CT molecular complexity index is 596. The first-order valence-corrected chi connectivity index (χ1v) is 6.98. The molecule has 0 bridgehead atoms. The van der Waals surface area contributed by atoms with E-state index in [4.69, 9.17) is 0 Å². The number of nitrogens with one attached hydrogen (secondary N) is 1. The molecule has 1 aliphatic carbocycles. The van der Waals surface area contributed by atoms with Gasteiger partial charge in [-0.25, -0.2) is 4.98 Å². The van der Waals surface area contributed by atoms with Crippen LogP contribution in [0.1, 0.15) is 48.2 Å². The number of carbonyl (C=O) groups is 1. The van der Waals surface area contributed by atoms with E-state index in [0.717, 1.165) is 24.2 Å². The molecule has 0 aromatic carbocycles. The average Bonchev–Trinajstić information content (AvgIpc) is 2.78. The molecule has 2 heterocycles. The van der Waals surface area contributed by atoms with Gasteiger partial charge in [-0.1, -0.05) is 19.3 Å². The summed E-state index contributed by atoms with van der Waals surface area (Å²) in [5.41, 5.74) is 2.55. The van der Waals surface area contributed by atoms with Gasteiger partial charge < -0.3 is 9.72 Å². The number of rotatable bonds is 2. The van der Waals surface area contributed by atoms with Crippen LogP contribution < -0.4 is 5.32 Å². The molecule has 0 aliphatic heterocycles. The van der Waals surface area contributed by atoms with Gasteiger partial charge in [-0.05, 0) is 31.9 Å². The molecule has 2 aromatic heterocycles. The normalized spacial score (nSPS) is 16.7. The number of aromatic nitrogens is 2. The maximum atomic E-state index is 12.2. The Morgan fingerprint density at radius 1 is 1.26 bits per heavy atom. The molecule has 1 saturated carbocycles. The molecule has 2 aromatic rings. The lowest BCUT2D eigenvalue weighted by atomic mass is 9.95. The highest BCUT2D eigenvalue weighted by atomic mass is 16.1. The van der Waals surface area contributed by atoms with Gasteiger partial charge in [0, 0.05) is 18.4 Å². The number of carbonyl (C=O) groups excluding carboxylic acids is 1. The van der Waals surface area contributed by atoms with Gasteiger partial charge in [0.05, 0.1) is 11.3 Å². The fourth-order valence-corrected chi connectivity index (χ4v) is 2.77. The molecule has 1 amide bonds. The van der Waals surface area contributed by atoms with Gasteiger partial charge in [0.25, 0.3) is 5.91 Å². The molecule has 4 nitrogen and oxygen atoms in total. The average molecular weight is 257 g/mol. The second-order valence-corrected chi connectivity index (χ2v) is 5.37. The molecule has 3 rings (SSSR count). The Kier molecular flexibility index (Phi) is 3.23. The van der Waals surface area contributed by atoms with Crippen LogP contribution in [0.2, 0.25) is 0 Å². The van der Waals surface area contributed by atoms with Crippen LogP contribution in [-0.2, 0) is 0 Å². The van der Waals surface area contributed by atoms with Crippen molar-refractivity contribution in [1.29, 1.82) is 0 Å². The number of hydrogen-bond acceptors (Lipinski definition) is 2. The van der Waals surface area contributed by atoms with Crippen molar-refractivity contribution in [1.82, 2.24) is 14.7 Å². The van der Waals surface area contributed by atoms with Crippen molar-refractivity contribution in [2.45, 2.75) is 45.1 Å². The lowest BCUT2D eigenvalue weighted by Gasteiger charge is -2.22. The standard InChI is InChI=1S/C15H19N3O/c1-11-9-18-10-12(7-8-14(18)16-11)15(19)17-13-5-3-2-4-6-13/h7-10,13H,2-6H2,1H3,(H,17,19). The van der Waals surface area contributed by atoms with E-state index < -0.39 is 0 Å². The summed E-state index contributed by atoms with van der Waals surface area (Å²) in [4.78, 5) is 16.6. The molecule has 0 saturated heterocycles. The van der Waals surface area contributed by atoms with Crippen molar-refractivity contribution < 1.29 is 4.79 Å². The van der Waals surface area contributed by atoms with Gasteiger partial charge in [-0.2, -0.15) is 0 Å². The van der Waals surface area contributed by atoms with Gasteiger partial charge >= 0.3 is 0 Å². The SMILES string of the molecule is Cc1cn2cc(C(=O)NC3CCCCC3)ccc2n1. The van der Waals surface area contributed by atoms with Crippen molar-refractivity contribution in [3.8, 4) is 0 Å². The van der Waals surface area contributed by atoms with E-state index in [1.807, 2.05) is 35.9 Å². The lowest BCUT2D eigenvalue weighted by molar-refractivity contribution is 0.0927. The predicted molar refractivity (Wildman–Crippen MR) is 74.3 cm³/mol. The Balaban J connectivity index is 1.76. The highest BCUT2D eigenvalue weighted by molar-refractivity contribution is 5.94. The zero-order valence-corrected chi connectivity index (χ0v) is 11.2. The summed E-state index contributed by atoms with van der Waals surface area (Å²) < 4.78 is 1.91. The van der Waals surface area contributed by atoms with E-state index >= 15 is 0 Å². The highest BCUT2D eigenvalue weighted by Crippen LogP contribution is 2.18. The van der Waals surface area contributed by atoms with Crippen molar-refractivity contribution in [3.63, 3.8) is 0 Å². The fraction of sp³-hybridized carbons (Fsp3) is 0.467. The van der Waals surface area contributed by atoms with E-state index in [9.17, 15) is 4.79 Å². The zero-order valence-electron chi connectivity index (χ0n) is 11.2. The fourth-order valence-electron chi connectivity index (χ4n) is 2.77. The molecule has 0 spiro atoms. The van der Waals surface area contributed by atoms with Crippen molar-refractivity contribution in [3.05, 3.63) is 35.8 Å². The van der Waals surface area contributed by atoms with Crippen molar-refractivity contribution in [2.75, 3.05) is 0 Å². The van der Waals surface area contributed by atoms with Crippen molar-refractivity contribution >= 4 is 11.6 Å². The van der Waals surface area contributed by atoms with Crippen LogP contribution in [0.25, 0.3) is 5.65 Å². The quantitative estimate of drug-likeness (QED) is 0.899. The second-order valence-electron chi connectivity index (χ2n) is 5.37. The molecule has 100 valence electrons. The number of hydrogen-bond donors (Lipinski definition) is 1. The summed E-state index contributed by atoms with van der Waals surface area (Å²) in [5.74, 6) is 0.0279. The first-order chi connectivity index (χ1) is 9.22. The molecule has 1 fully saturated rings. The molecule has 0 atom stereocenters. The minimum atomic E-state index is 0.0279. The van der Waals surface area contributed by atoms with Crippen LogP contribution in [0.5, 0.6) is 0 Å². The number of imidazole rings is 1. The smallest absolute Gasteiger partial charge is 0.252 e. The molecule has 1 aliphatic rings. The molecule has 0 radical (unpaired) electrons. The third kappa shape index (κ3) is 2.62. The van der Waals surface area contributed by atoms with Crippen LogP contribution in [0, 0.1) is 6.92 Å². The predicted octanol–water partition coefficient (Wildman–Crippen LogP) is 2.71. The van der Waals surface area contributed by atoms with E-state index in [2.05, 4.69) is 10.3 Å². The first kappa shape index (κ1) is 12.2. The maximum absolute atomic E-state index is 12.2. The van der Waals surface area contributed by atoms with Crippen LogP contribution >= 0.6 is 0 Å². The van der Waals surface area contributed by atoms with Crippen LogP contribution in [0.4, 0.5) is 0 Å².